The van der Waals surface area contributed by atoms with E-state index in [2.05, 4.69) is 5.32 Å². The highest BCUT2D eigenvalue weighted by Gasteiger charge is 2.23. The zero-order valence-electron chi connectivity index (χ0n) is 13.7. The molecule has 0 saturated heterocycles. The summed E-state index contributed by atoms with van der Waals surface area (Å²) in [5, 5.41) is 23.2. The molecule has 0 atom stereocenters. The number of nitrogens with one attached hydrogen (secondary N) is 1. The van der Waals surface area contributed by atoms with Crippen molar-refractivity contribution in [1.82, 2.24) is 0 Å². The number of nitriles is 1. The number of rotatable bonds is 4. The Hall–Kier alpha value is -3.86. The summed E-state index contributed by atoms with van der Waals surface area (Å²) in [5.74, 6) is -0.0992. The molecular formula is C18H13N3O5. The summed E-state index contributed by atoms with van der Waals surface area (Å²) in [6, 6.07) is 11.4. The van der Waals surface area contributed by atoms with Gasteiger partial charge in [-0.15, -0.1) is 0 Å². The van der Waals surface area contributed by atoms with Crippen LogP contribution in [0.1, 0.15) is 11.1 Å². The summed E-state index contributed by atoms with van der Waals surface area (Å²) < 4.78 is 10.3. The fourth-order valence-corrected chi connectivity index (χ4v) is 2.36. The van der Waals surface area contributed by atoms with Crippen molar-refractivity contribution in [3.8, 4) is 17.6 Å². The van der Waals surface area contributed by atoms with E-state index < -0.39 is 10.8 Å². The van der Waals surface area contributed by atoms with Gasteiger partial charge in [0, 0.05) is 5.69 Å². The lowest BCUT2D eigenvalue weighted by Gasteiger charge is -2.05. The van der Waals surface area contributed by atoms with Gasteiger partial charge in [-0.3, -0.25) is 14.9 Å². The molecule has 0 bridgehead atoms. The number of hydrogen-bond donors (Lipinski definition) is 1. The van der Waals surface area contributed by atoms with Gasteiger partial charge in [-0.25, -0.2) is 0 Å². The molecule has 1 amide bonds. The molecule has 0 aromatic heterocycles. The van der Waals surface area contributed by atoms with Gasteiger partial charge in [-0.2, -0.15) is 5.26 Å². The first-order valence-electron chi connectivity index (χ1n) is 7.56. The molecule has 0 unspecified atom stereocenters. The fraction of sp³-hybridized carbons (Fsp3) is 0.111. The van der Waals surface area contributed by atoms with E-state index in [-0.39, 0.29) is 29.4 Å². The monoisotopic (exact) mass is 351 g/mol. The Bertz CT molecular complexity index is 958. The molecule has 8 nitrogen and oxygen atoms in total. The van der Waals surface area contributed by atoms with Crippen LogP contribution in [-0.2, 0) is 4.79 Å². The minimum Gasteiger partial charge on any atom is -0.454 e. The minimum absolute atomic E-state index is 0.0430. The molecule has 1 heterocycles. The van der Waals surface area contributed by atoms with Crippen molar-refractivity contribution < 1.29 is 19.2 Å². The third-order valence-corrected chi connectivity index (χ3v) is 3.69. The molecule has 3 rings (SSSR count). The van der Waals surface area contributed by atoms with Gasteiger partial charge in [0.05, 0.1) is 16.6 Å². The van der Waals surface area contributed by atoms with Crippen molar-refractivity contribution >= 4 is 23.4 Å². The van der Waals surface area contributed by atoms with Gasteiger partial charge < -0.3 is 14.8 Å². The highest BCUT2D eigenvalue weighted by Crippen LogP contribution is 2.38. The van der Waals surface area contributed by atoms with Crippen LogP contribution in [0.15, 0.2) is 42.0 Å². The van der Waals surface area contributed by atoms with Gasteiger partial charge in [0.1, 0.15) is 11.6 Å². The predicted octanol–water partition coefficient (Wildman–Crippen LogP) is 3.18. The molecule has 1 N–H and O–H groups in total. The van der Waals surface area contributed by atoms with Crippen LogP contribution in [-0.4, -0.2) is 17.6 Å². The number of fused-ring (bicyclic) bond motifs is 1. The van der Waals surface area contributed by atoms with E-state index >= 15 is 0 Å². The van der Waals surface area contributed by atoms with Gasteiger partial charge in [-0.1, -0.05) is 17.7 Å². The second kappa shape index (κ2) is 6.94. The average molecular weight is 351 g/mol. The van der Waals surface area contributed by atoms with Crippen LogP contribution in [0.2, 0.25) is 0 Å². The van der Waals surface area contributed by atoms with Gasteiger partial charge >= 0.3 is 0 Å². The topological polar surface area (TPSA) is 114 Å². The molecule has 0 radical (unpaired) electrons. The minimum atomic E-state index is -0.664. The fourth-order valence-electron chi connectivity index (χ4n) is 2.36. The smallest absolute Gasteiger partial charge is 0.280 e. The van der Waals surface area contributed by atoms with E-state index in [9.17, 15) is 20.2 Å². The van der Waals surface area contributed by atoms with Crippen molar-refractivity contribution in [2.45, 2.75) is 6.92 Å². The first kappa shape index (κ1) is 17.0. The van der Waals surface area contributed by atoms with Crippen molar-refractivity contribution in [3.63, 3.8) is 0 Å². The maximum absolute atomic E-state index is 12.3. The van der Waals surface area contributed by atoms with Crippen LogP contribution in [0, 0.1) is 28.4 Å². The summed E-state index contributed by atoms with van der Waals surface area (Å²) in [6.07, 6.45) is 1.16. The average Bonchev–Trinajstić information content (AvgIpc) is 3.08. The van der Waals surface area contributed by atoms with E-state index in [1.54, 1.807) is 18.2 Å². The summed E-state index contributed by atoms with van der Waals surface area (Å²) in [7, 11) is 0. The van der Waals surface area contributed by atoms with E-state index in [0.29, 0.717) is 11.4 Å². The van der Waals surface area contributed by atoms with Crippen LogP contribution in [0.4, 0.5) is 11.4 Å². The first-order valence-corrected chi connectivity index (χ1v) is 7.56. The Labute approximate surface area is 148 Å². The maximum atomic E-state index is 12.3. The van der Waals surface area contributed by atoms with Crippen molar-refractivity contribution in [1.29, 1.82) is 5.26 Å². The van der Waals surface area contributed by atoms with Crippen LogP contribution >= 0.6 is 0 Å². The molecule has 2 aromatic rings. The van der Waals surface area contributed by atoms with Gasteiger partial charge in [0.2, 0.25) is 6.79 Å². The Balaban J connectivity index is 1.93. The third kappa shape index (κ3) is 3.47. The quantitative estimate of drug-likeness (QED) is 0.391. The highest BCUT2D eigenvalue weighted by molar-refractivity contribution is 6.10. The number of ether oxygens (including phenoxy) is 2. The van der Waals surface area contributed by atoms with Gasteiger partial charge in [-0.05, 0) is 31.2 Å². The molecule has 0 fully saturated rings. The number of carbonyl (C=O) groups is 1. The molecular weight excluding hydrogens is 338 g/mol. The van der Waals surface area contributed by atoms with Crippen LogP contribution in [0.5, 0.6) is 11.5 Å². The number of amides is 1. The summed E-state index contributed by atoms with van der Waals surface area (Å²) in [4.78, 5) is 23.0. The molecule has 130 valence electrons. The Morgan fingerprint density at radius 1 is 1.27 bits per heavy atom. The zero-order valence-corrected chi connectivity index (χ0v) is 13.7. The molecule has 0 aliphatic carbocycles. The molecule has 0 spiro atoms. The number of carbonyl (C=O) groups excluding carboxylic acids is 1. The second-order valence-electron chi connectivity index (χ2n) is 5.51. The first-order chi connectivity index (χ1) is 12.5. The Kier molecular flexibility index (Phi) is 4.53. The van der Waals surface area contributed by atoms with Crippen molar-refractivity contribution in [3.05, 3.63) is 63.2 Å². The molecule has 0 saturated carbocycles. The Morgan fingerprint density at radius 3 is 2.54 bits per heavy atom. The molecule has 1 aliphatic heterocycles. The number of hydrogen-bond acceptors (Lipinski definition) is 6. The number of benzene rings is 2. The van der Waals surface area contributed by atoms with Crippen LogP contribution in [0.25, 0.3) is 6.08 Å². The molecule has 1 aliphatic rings. The van der Waals surface area contributed by atoms with Crippen molar-refractivity contribution in [2.24, 2.45) is 0 Å². The largest absolute Gasteiger partial charge is 0.454 e. The van der Waals surface area contributed by atoms with Gasteiger partial charge in [0.25, 0.3) is 11.6 Å². The molecule has 26 heavy (non-hydrogen) atoms. The second-order valence-corrected chi connectivity index (χ2v) is 5.51. The maximum Gasteiger partial charge on any atom is 0.280 e. The molecule has 8 heteroatoms. The van der Waals surface area contributed by atoms with E-state index in [0.717, 1.165) is 11.6 Å². The van der Waals surface area contributed by atoms with E-state index in [1.165, 1.54) is 12.1 Å². The highest BCUT2D eigenvalue weighted by atomic mass is 16.7. The number of anilines is 1. The lowest BCUT2D eigenvalue weighted by Crippen LogP contribution is -2.13. The summed E-state index contributed by atoms with van der Waals surface area (Å²) in [6.45, 7) is 1.86. The number of nitrogens with zero attached hydrogens (tertiary/aromatic N) is 2. The number of nitro groups is 1. The Morgan fingerprint density at radius 2 is 1.92 bits per heavy atom. The summed E-state index contributed by atoms with van der Waals surface area (Å²) >= 11 is 0. The third-order valence-electron chi connectivity index (χ3n) is 3.69. The standard InChI is InChI=1S/C18H13N3O5/c1-11-2-4-14(5-3-11)20-18(22)13(9-19)6-12-7-16-17(26-10-25-16)8-15(12)21(23)24/h2-8H,10H2,1H3,(H,20,22). The van der Waals surface area contributed by atoms with Crippen LogP contribution in [0.3, 0.4) is 0 Å². The number of aryl methyl sites for hydroxylation is 1. The lowest BCUT2D eigenvalue weighted by molar-refractivity contribution is -0.385. The molecule has 2 aromatic carbocycles. The lowest BCUT2D eigenvalue weighted by atomic mass is 10.1. The van der Waals surface area contributed by atoms with Crippen molar-refractivity contribution in [2.75, 3.05) is 12.1 Å². The normalized spacial score (nSPS) is 12.4. The van der Waals surface area contributed by atoms with Gasteiger partial charge in [0.15, 0.2) is 11.5 Å². The number of nitro benzene ring substituents is 1. The predicted molar refractivity (Wildman–Crippen MR) is 92.6 cm³/mol. The van der Waals surface area contributed by atoms with E-state index in [4.69, 9.17) is 9.47 Å². The zero-order chi connectivity index (χ0) is 18.7. The van der Waals surface area contributed by atoms with E-state index in [1.807, 2.05) is 19.1 Å². The SMILES string of the molecule is Cc1ccc(NC(=O)C(C#N)=Cc2cc3c(cc2[N+](=O)[O-])OCO3)cc1. The summed E-state index contributed by atoms with van der Waals surface area (Å²) in [5.41, 5.74) is 1.06. The van der Waals surface area contributed by atoms with Crippen LogP contribution < -0.4 is 14.8 Å².